The molecule has 2 aromatic carbocycles. The van der Waals surface area contributed by atoms with Gasteiger partial charge in [0.05, 0.1) is 7.11 Å². The van der Waals surface area contributed by atoms with Crippen LogP contribution in [0.4, 0.5) is 0 Å². The van der Waals surface area contributed by atoms with Gasteiger partial charge in [-0.05, 0) is 30.3 Å². The van der Waals surface area contributed by atoms with Gasteiger partial charge in [0, 0.05) is 42.1 Å². The highest BCUT2D eigenvalue weighted by Crippen LogP contribution is 2.30. The summed E-state index contributed by atoms with van der Waals surface area (Å²) in [6, 6.07) is 14.2. The quantitative estimate of drug-likeness (QED) is 0.865. The molecule has 0 radical (unpaired) electrons. The summed E-state index contributed by atoms with van der Waals surface area (Å²) < 4.78 is 5.20. The van der Waals surface area contributed by atoms with Crippen LogP contribution < -0.4 is 10.1 Å². The molecule has 2 aliphatic heterocycles. The Morgan fingerprint density at radius 3 is 2.57 bits per heavy atom. The maximum Gasteiger partial charge on any atom is 0.272 e. The topological polar surface area (TPSA) is 71.0 Å². The first kappa shape index (κ1) is 18.5. The highest BCUT2D eigenvalue weighted by molar-refractivity contribution is 6.47. The number of piperidine rings is 1. The predicted octanol–water partition coefficient (Wildman–Crippen LogP) is 2.90. The van der Waals surface area contributed by atoms with E-state index >= 15 is 0 Å². The van der Waals surface area contributed by atoms with E-state index in [-0.39, 0.29) is 11.8 Å². The summed E-state index contributed by atoms with van der Waals surface area (Å²) in [5.74, 6) is 0.425. The van der Waals surface area contributed by atoms with Gasteiger partial charge in [0.25, 0.3) is 11.8 Å². The lowest BCUT2D eigenvalue weighted by Crippen LogP contribution is -2.52. The van der Waals surface area contributed by atoms with Crippen LogP contribution in [0.3, 0.4) is 0 Å². The SMILES string of the molecule is COc1cccc(C(=O)N2CCC3(CC2)N=C(c2ccc(Cl)cc2)C(=O)N3)c1. The number of likely N-dealkylation sites (tertiary alicyclic amines) is 1. The fourth-order valence-corrected chi connectivity index (χ4v) is 3.75. The summed E-state index contributed by atoms with van der Waals surface area (Å²) in [6.07, 6.45) is 1.15. The lowest BCUT2D eigenvalue weighted by Gasteiger charge is -2.37. The van der Waals surface area contributed by atoms with E-state index in [1.54, 1.807) is 54.5 Å². The molecule has 2 aromatic rings. The van der Waals surface area contributed by atoms with Gasteiger partial charge in [-0.15, -0.1) is 0 Å². The van der Waals surface area contributed by atoms with Crippen LogP contribution in [-0.2, 0) is 4.79 Å². The summed E-state index contributed by atoms with van der Waals surface area (Å²) in [5, 5.41) is 3.63. The second kappa shape index (κ2) is 7.28. The molecule has 0 atom stereocenters. The molecule has 6 nitrogen and oxygen atoms in total. The summed E-state index contributed by atoms with van der Waals surface area (Å²) in [6.45, 7) is 1.04. The average Bonchev–Trinajstić information content (AvgIpc) is 3.04. The van der Waals surface area contributed by atoms with E-state index in [1.165, 1.54) is 0 Å². The lowest BCUT2D eigenvalue weighted by atomic mass is 9.97. The minimum absolute atomic E-state index is 0.0417. The van der Waals surface area contributed by atoms with Crippen LogP contribution >= 0.6 is 11.6 Å². The van der Waals surface area contributed by atoms with Gasteiger partial charge in [0.1, 0.15) is 17.1 Å². The monoisotopic (exact) mass is 397 g/mol. The van der Waals surface area contributed by atoms with Crippen molar-refractivity contribution in [3.8, 4) is 5.75 Å². The number of nitrogens with one attached hydrogen (secondary N) is 1. The molecule has 0 unspecified atom stereocenters. The van der Waals surface area contributed by atoms with Crippen LogP contribution in [0.1, 0.15) is 28.8 Å². The molecule has 4 rings (SSSR count). The second-order valence-corrected chi connectivity index (χ2v) is 7.41. The smallest absolute Gasteiger partial charge is 0.272 e. The Morgan fingerprint density at radius 2 is 1.89 bits per heavy atom. The van der Waals surface area contributed by atoms with E-state index < -0.39 is 5.66 Å². The number of aliphatic imine (C=N–C) groups is 1. The van der Waals surface area contributed by atoms with Crippen LogP contribution in [0.5, 0.6) is 5.75 Å². The average molecular weight is 398 g/mol. The molecule has 144 valence electrons. The molecule has 1 fully saturated rings. The fraction of sp³-hybridized carbons (Fsp3) is 0.286. The Morgan fingerprint density at radius 1 is 1.18 bits per heavy atom. The number of hydrogen-bond donors (Lipinski definition) is 1. The Labute approximate surface area is 168 Å². The standard InChI is InChI=1S/C21H20ClN3O3/c1-28-17-4-2-3-15(13-17)20(27)25-11-9-21(10-12-25)23-18(19(26)24-21)14-5-7-16(22)8-6-14/h2-8,13H,9-12H2,1H3,(H,24,26). The molecule has 7 heteroatoms. The molecule has 0 bridgehead atoms. The molecule has 0 aliphatic carbocycles. The number of hydrogen-bond acceptors (Lipinski definition) is 4. The first-order chi connectivity index (χ1) is 13.5. The van der Waals surface area contributed by atoms with Crippen molar-refractivity contribution in [1.82, 2.24) is 10.2 Å². The largest absolute Gasteiger partial charge is 0.497 e. The minimum atomic E-state index is -0.642. The van der Waals surface area contributed by atoms with Crippen LogP contribution in [0.25, 0.3) is 0 Å². The third-order valence-electron chi connectivity index (χ3n) is 5.20. The number of benzene rings is 2. The van der Waals surface area contributed by atoms with E-state index in [0.717, 1.165) is 5.56 Å². The van der Waals surface area contributed by atoms with E-state index in [4.69, 9.17) is 21.3 Å². The third-order valence-corrected chi connectivity index (χ3v) is 5.45. The van der Waals surface area contributed by atoms with Gasteiger partial charge in [-0.1, -0.05) is 29.8 Å². The minimum Gasteiger partial charge on any atom is -0.497 e. The van der Waals surface area contributed by atoms with Crippen molar-refractivity contribution in [2.24, 2.45) is 4.99 Å². The van der Waals surface area contributed by atoms with Gasteiger partial charge in [-0.2, -0.15) is 0 Å². The van der Waals surface area contributed by atoms with Crippen LogP contribution in [0.2, 0.25) is 5.02 Å². The molecule has 1 saturated heterocycles. The molecule has 2 amide bonds. The van der Waals surface area contributed by atoms with Gasteiger partial charge >= 0.3 is 0 Å². The van der Waals surface area contributed by atoms with Gasteiger partial charge in [-0.3, -0.25) is 14.6 Å². The first-order valence-electron chi connectivity index (χ1n) is 9.11. The van der Waals surface area contributed by atoms with Crippen molar-refractivity contribution in [3.63, 3.8) is 0 Å². The molecule has 2 heterocycles. The lowest BCUT2D eigenvalue weighted by molar-refractivity contribution is -0.115. The number of carbonyl (C=O) groups is 2. The van der Waals surface area contributed by atoms with Crippen molar-refractivity contribution in [2.45, 2.75) is 18.5 Å². The number of rotatable bonds is 3. The number of amides is 2. The first-order valence-corrected chi connectivity index (χ1v) is 9.49. The third kappa shape index (κ3) is 3.47. The maximum atomic E-state index is 12.8. The summed E-state index contributed by atoms with van der Waals surface area (Å²) in [5.41, 5.74) is 1.12. The summed E-state index contributed by atoms with van der Waals surface area (Å²) in [7, 11) is 1.58. The van der Waals surface area contributed by atoms with Crippen LogP contribution in [-0.4, -0.2) is 48.3 Å². The zero-order valence-corrected chi connectivity index (χ0v) is 16.2. The zero-order valence-electron chi connectivity index (χ0n) is 15.4. The number of halogens is 1. The fourth-order valence-electron chi connectivity index (χ4n) is 3.62. The number of ether oxygens (including phenoxy) is 1. The predicted molar refractivity (Wildman–Crippen MR) is 107 cm³/mol. The van der Waals surface area contributed by atoms with E-state index in [1.807, 2.05) is 6.07 Å². The van der Waals surface area contributed by atoms with Crippen LogP contribution in [0.15, 0.2) is 53.5 Å². The van der Waals surface area contributed by atoms with Crippen molar-refractivity contribution in [3.05, 3.63) is 64.7 Å². The Hall–Kier alpha value is -2.86. The van der Waals surface area contributed by atoms with Gasteiger partial charge in [0.15, 0.2) is 0 Å². The Kier molecular flexibility index (Phi) is 4.81. The van der Waals surface area contributed by atoms with E-state index in [9.17, 15) is 9.59 Å². The zero-order chi connectivity index (χ0) is 19.7. The summed E-state index contributed by atoms with van der Waals surface area (Å²) >= 11 is 5.93. The van der Waals surface area contributed by atoms with E-state index in [2.05, 4.69) is 5.32 Å². The normalized spacial score (nSPS) is 18.0. The van der Waals surface area contributed by atoms with Crippen molar-refractivity contribution >= 4 is 29.1 Å². The Balaban J connectivity index is 1.48. The molecule has 1 N–H and O–H groups in total. The van der Waals surface area contributed by atoms with Crippen LogP contribution in [0, 0.1) is 0 Å². The van der Waals surface area contributed by atoms with Gasteiger partial charge in [-0.25, -0.2) is 0 Å². The Bertz CT molecular complexity index is 948. The van der Waals surface area contributed by atoms with Crippen molar-refractivity contribution < 1.29 is 14.3 Å². The van der Waals surface area contributed by atoms with Crippen molar-refractivity contribution in [2.75, 3.05) is 20.2 Å². The molecular weight excluding hydrogens is 378 g/mol. The molecule has 1 spiro atoms. The molecule has 2 aliphatic rings. The van der Waals surface area contributed by atoms with Crippen molar-refractivity contribution in [1.29, 1.82) is 0 Å². The molecular formula is C21H20ClN3O3. The molecule has 0 saturated carbocycles. The highest BCUT2D eigenvalue weighted by Gasteiger charge is 2.42. The van der Waals surface area contributed by atoms with E-state index in [0.29, 0.717) is 48.0 Å². The van der Waals surface area contributed by atoms with Gasteiger partial charge < -0.3 is 15.0 Å². The molecule has 0 aromatic heterocycles. The number of carbonyl (C=O) groups excluding carboxylic acids is 2. The second-order valence-electron chi connectivity index (χ2n) is 6.98. The van der Waals surface area contributed by atoms with Gasteiger partial charge in [0.2, 0.25) is 0 Å². The summed E-state index contributed by atoms with van der Waals surface area (Å²) in [4.78, 5) is 31.8. The number of nitrogens with zero attached hydrogens (tertiary/aromatic N) is 2. The maximum absolute atomic E-state index is 12.8. The number of methoxy groups -OCH3 is 1. The highest BCUT2D eigenvalue weighted by atomic mass is 35.5. The molecule has 28 heavy (non-hydrogen) atoms.